The number of hydrogen-bond acceptors (Lipinski definition) is 2. The highest BCUT2D eigenvalue weighted by atomic mass is 16.5. The minimum atomic E-state index is 0.00990. The molecule has 0 bridgehead atoms. The van der Waals surface area contributed by atoms with Gasteiger partial charge in [0.25, 0.3) is 0 Å². The van der Waals surface area contributed by atoms with Crippen molar-refractivity contribution in [2.45, 2.75) is 110 Å². The van der Waals surface area contributed by atoms with Crippen molar-refractivity contribution in [3.05, 3.63) is 34.4 Å². The van der Waals surface area contributed by atoms with Crippen LogP contribution in [0.3, 0.4) is 0 Å². The van der Waals surface area contributed by atoms with E-state index in [0.29, 0.717) is 24.2 Å². The van der Waals surface area contributed by atoms with Crippen molar-refractivity contribution < 1.29 is 9.53 Å². The first kappa shape index (κ1) is 21.4. The van der Waals surface area contributed by atoms with E-state index in [9.17, 15) is 4.79 Å². The molecule has 2 fully saturated rings. The van der Waals surface area contributed by atoms with E-state index in [-0.39, 0.29) is 24.2 Å². The molecule has 1 amide bonds. The zero-order chi connectivity index (χ0) is 20.6. The lowest BCUT2D eigenvalue weighted by atomic mass is 9.82. The Bertz CT molecular complexity index is 677. The number of ether oxygens (including phenoxy) is 1. The average molecular weight is 386 g/mol. The lowest BCUT2D eigenvalue weighted by Crippen LogP contribution is -2.41. The minimum absolute atomic E-state index is 0.00990. The van der Waals surface area contributed by atoms with Crippen LogP contribution in [-0.2, 0) is 9.53 Å². The van der Waals surface area contributed by atoms with Crippen molar-refractivity contribution in [2.24, 2.45) is 0 Å². The van der Waals surface area contributed by atoms with Crippen molar-refractivity contribution >= 4 is 5.91 Å². The Morgan fingerprint density at radius 2 is 1.54 bits per heavy atom. The molecule has 0 unspecified atom stereocenters. The van der Waals surface area contributed by atoms with Gasteiger partial charge in [-0.25, -0.2) is 0 Å². The molecule has 156 valence electrons. The molecular weight excluding hydrogens is 346 g/mol. The van der Waals surface area contributed by atoms with Gasteiger partial charge >= 0.3 is 0 Å². The summed E-state index contributed by atoms with van der Waals surface area (Å²) >= 11 is 0. The van der Waals surface area contributed by atoms with Gasteiger partial charge in [-0.2, -0.15) is 0 Å². The Hall–Kier alpha value is -1.35. The molecule has 0 N–H and O–H groups in total. The fourth-order valence-electron chi connectivity index (χ4n) is 5.03. The number of piperidine rings is 1. The number of carbonyl (C=O) groups is 1. The second-order valence-electron chi connectivity index (χ2n) is 9.75. The van der Waals surface area contributed by atoms with Crippen LogP contribution in [0.15, 0.2) is 12.1 Å². The molecule has 0 saturated carbocycles. The molecule has 2 aliphatic heterocycles. The van der Waals surface area contributed by atoms with Crippen LogP contribution in [0.4, 0.5) is 0 Å². The van der Waals surface area contributed by atoms with Gasteiger partial charge in [-0.1, -0.05) is 53.7 Å². The predicted molar refractivity (Wildman–Crippen MR) is 116 cm³/mol. The minimum Gasteiger partial charge on any atom is -0.368 e. The van der Waals surface area contributed by atoms with E-state index >= 15 is 0 Å². The molecule has 2 saturated heterocycles. The highest BCUT2D eigenvalue weighted by molar-refractivity contribution is 5.80. The fourth-order valence-corrected chi connectivity index (χ4v) is 5.03. The van der Waals surface area contributed by atoms with E-state index < -0.39 is 0 Å². The number of benzene rings is 1. The highest BCUT2D eigenvalue weighted by Crippen LogP contribution is 2.39. The molecule has 1 aromatic carbocycles. The lowest BCUT2D eigenvalue weighted by molar-refractivity contribution is -0.129. The first-order chi connectivity index (χ1) is 13.2. The van der Waals surface area contributed by atoms with Crippen LogP contribution in [0.5, 0.6) is 0 Å². The summed E-state index contributed by atoms with van der Waals surface area (Å²) in [6.45, 7) is 16.8. The summed E-state index contributed by atoms with van der Waals surface area (Å²) in [4.78, 5) is 14.5. The van der Waals surface area contributed by atoms with Crippen molar-refractivity contribution in [1.82, 2.24) is 4.90 Å². The third kappa shape index (κ3) is 4.15. The predicted octanol–water partition coefficient (Wildman–Crippen LogP) is 6.29. The highest BCUT2D eigenvalue weighted by Gasteiger charge is 2.42. The molecule has 3 nitrogen and oxygen atoms in total. The summed E-state index contributed by atoms with van der Waals surface area (Å²) in [5, 5.41) is 0. The summed E-state index contributed by atoms with van der Waals surface area (Å²) < 4.78 is 6.66. The second-order valence-corrected chi connectivity index (χ2v) is 9.75. The van der Waals surface area contributed by atoms with E-state index in [0.717, 1.165) is 19.4 Å². The van der Waals surface area contributed by atoms with E-state index in [1.54, 1.807) is 0 Å². The fraction of sp³-hybridized carbons (Fsp3) is 0.720. The zero-order valence-corrected chi connectivity index (χ0v) is 18.9. The number of nitrogens with zero attached hydrogens (tertiary/aromatic N) is 1. The van der Waals surface area contributed by atoms with Gasteiger partial charge in [-0.05, 0) is 66.2 Å². The standard InChI is InChI=1S/C25H39NO2/c1-15(2)19-12-20(16(3)4)25(21(13-19)17(5)6)18(7)28-23-14-24(27)26-11-9-8-10-22(23)26/h12-13,15-18,22-23H,8-11,14H2,1-7H3/t18-,22-,23+/m0/s1. The first-order valence-electron chi connectivity index (χ1n) is 11.3. The molecule has 0 spiro atoms. The number of amides is 1. The Balaban J connectivity index is 1.94. The van der Waals surface area contributed by atoms with Crippen molar-refractivity contribution in [2.75, 3.05) is 6.54 Å². The molecule has 0 aliphatic carbocycles. The van der Waals surface area contributed by atoms with Crippen molar-refractivity contribution in [3.63, 3.8) is 0 Å². The Morgan fingerprint density at radius 1 is 0.929 bits per heavy atom. The number of carbonyl (C=O) groups excluding carboxylic acids is 1. The van der Waals surface area contributed by atoms with E-state index in [4.69, 9.17) is 4.74 Å². The quantitative estimate of drug-likeness (QED) is 0.576. The largest absolute Gasteiger partial charge is 0.368 e. The topological polar surface area (TPSA) is 29.5 Å². The van der Waals surface area contributed by atoms with Gasteiger partial charge in [0, 0.05) is 6.54 Å². The van der Waals surface area contributed by atoms with E-state index in [1.165, 1.54) is 28.7 Å². The normalized spacial score (nSPS) is 23.8. The van der Waals surface area contributed by atoms with Crippen molar-refractivity contribution in [3.8, 4) is 0 Å². The molecule has 3 rings (SSSR count). The first-order valence-corrected chi connectivity index (χ1v) is 11.3. The van der Waals surface area contributed by atoms with E-state index in [1.807, 2.05) is 0 Å². The molecule has 3 heteroatoms. The van der Waals surface area contributed by atoms with Crippen LogP contribution in [0.1, 0.15) is 120 Å². The van der Waals surface area contributed by atoms with Crippen LogP contribution >= 0.6 is 0 Å². The Kier molecular flexibility index (Phi) is 6.54. The van der Waals surface area contributed by atoms with Crippen LogP contribution in [0.2, 0.25) is 0 Å². The summed E-state index contributed by atoms with van der Waals surface area (Å²) in [7, 11) is 0. The Morgan fingerprint density at radius 3 is 2.07 bits per heavy atom. The van der Waals surface area contributed by atoms with E-state index in [2.05, 4.69) is 65.5 Å². The summed E-state index contributed by atoms with van der Waals surface area (Å²) in [6, 6.07) is 5.07. The monoisotopic (exact) mass is 385 g/mol. The van der Waals surface area contributed by atoms with Gasteiger partial charge in [0.2, 0.25) is 5.91 Å². The maximum absolute atomic E-state index is 12.5. The molecule has 0 radical (unpaired) electrons. The molecule has 2 heterocycles. The van der Waals surface area contributed by atoms with Crippen LogP contribution in [0, 0.1) is 0 Å². The third-order valence-electron chi connectivity index (χ3n) is 6.64. The van der Waals surface area contributed by atoms with Gasteiger partial charge in [0.1, 0.15) is 0 Å². The number of hydrogen-bond donors (Lipinski definition) is 0. The molecule has 1 aromatic rings. The summed E-state index contributed by atoms with van der Waals surface area (Å²) in [6.07, 6.45) is 4.02. The summed E-state index contributed by atoms with van der Waals surface area (Å²) in [5.41, 5.74) is 5.59. The maximum Gasteiger partial charge on any atom is 0.225 e. The average Bonchev–Trinajstić information content (AvgIpc) is 2.96. The third-order valence-corrected chi connectivity index (χ3v) is 6.64. The van der Waals surface area contributed by atoms with Crippen LogP contribution < -0.4 is 0 Å². The summed E-state index contributed by atoms with van der Waals surface area (Å²) in [5.74, 6) is 1.70. The Labute approximate surface area is 171 Å². The number of fused-ring (bicyclic) bond motifs is 1. The van der Waals surface area contributed by atoms with Gasteiger partial charge in [-0.3, -0.25) is 4.79 Å². The molecule has 2 aliphatic rings. The van der Waals surface area contributed by atoms with Gasteiger partial charge < -0.3 is 9.64 Å². The van der Waals surface area contributed by atoms with Crippen molar-refractivity contribution in [1.29, 1.82) is 0 Å². The van der Waals surface area contributed by atoms with Gasteiger partial charge in [0.15, 0.2) is 0 Å². The number of rotatable bonds is 6. The molecular formula is C25H39NO2. The van der Waals surface area contributed by atoms with Gasteiger partial charge in [-0.15, -0.1) is 0 Å². The second kappa shape index (κ2) is 8.57. The SMILES string of the molecule is CC(C)c1cc(C(C)C)c([C@H](C)O[C@@H]2CC(=O)N3CCCC[C@@H]23)c(C(C)C)c1. The lowest BCUT2D eigenvalue weighted by Gasteiger charge is -2.34. The molecule has 3 atom stereocenters. The van der Waals surface area contributed by atoms with Crippen LogP contribution in [-0.4, -0.2) is 29.5 Å². The maximum atomic E-state index is 12.5. The zero-order valence-electron chi connectivity index (χ0n) is 18.9. The molecule has 28 heavy (non-hydrogen) atoms. The molecule has 0 aromatic heterocycles. The smallest absolute Gasteiger partial charge is 0.225 e. The van der Waals surface area contributed by atoms with Gasteiger partial charge in [0.05, 0.1) is 24.7 Å². The van der Waals surface area contributed by atoms with Crippen LogP contribution in [0.25, 0.3) is 0 Å².